The number of nitrogens with one attached hydrogen (secondary N) is 1. The summed E-state index contributed by atoms with van der Waals surface area (Å²) < 4.78 is 41.0. The van der Waals surface area contributed by atoms with E-state index in [9.17, 15) is 27.6 Å². The molecular formula is C30H28F3N3O3. The number of aromatic nitrogens is 2. The van der Waals surface area contributed by atoms with Crippen molar-refractivity contribution >= 4 is 11.7 Å². The van der Waals surface area contributed by atoms with E-state index in [1.807, 2.05) is 32.0 Å². The molecule has 0 aliphatic carbocycles. The number of hydrogen-bond donors (Lipinski definition) is 1. The summed E-state index contributed by atoms with van der Waals surface area (Å²) in [4.78, 5) is 41.8. The van der Waals surface area contributed by atoms with Crippen LogP contribution in [-0.2, 0) is 6.18 Å². The molecule has 1 amide bonds. The first-order valence-corrected chi connectivity index (χ1v) is 12.5. The zero-order chi connectivity index (χ0) is 28.3. The average molecular weight is 536 g/mol. The molecule has 3 aromatic carbocycles. The molecule has 39 heavy (non-hydrogen) atoms. The van der Waals surface area contributed by atoms with Gasteiger partial charge >= 0.3 is 6.18 Å². The Hall–Kier alpha value is -4.40. The first-order chi connectivity index (χ1) is 18.5. The van der Waals surface area contributed by atoms with Crippen LogP contribution in [0.1, 0.15) is 50.8 Å². The van der Waals surface area contributed by atoms with Crippen molar-refractivity contribution in [2.24, 2.45) is 0 Å². The molecule has 0 saturated carbocycles. The molecule has 0 radical (unpaired) electrons. The molecule has 0 atom stereocenters. The molecule has 9 heteroatoms. The van der Waals surface area contributed by atoms with Gasteiger partial charge in [0, 0.05) is 17.7 Å². The first kappa shape index (κ1) is 27.6. The van der Waals surface area contributed by atoms with Gasteiger partial charge in [-0.25, -0.2) is 4.68 Å². The summed E-state index contributed by atoms with van der Waals surface area (Å²) >= 11 is 0. The smallest absolute Gasteiger partial charge is 0.331 e. The van der Waals surface area contributed by atoms with Gasteiger partial charge in [-0.05, 0) is 55.7 Å². The van der Waals surface area contributed by atoms with Crippen LogP contribution in [0.5, 0.6) is 0 Å². The predicted octanol–water partition coefficient (Wildman–Crippen LogP) is 6.20. The molecule has 1 heterocycles. The summed E-state index contributed by atoms with van der Waals surface area (Å²) in [5, 5.41) is 3.08. The molecule has 202 valence electrons. The second-order valence-electron chi connectivity index (χ2n) is 9.32. The van der Waals surface area contributed by atoms with Crippen LogP contribution in [0.4, 0.5) is 13.2 Å². The molecule has 1 aromatic heterocycles. The van der Waals surface area contributed by atoms with Gasteiger partial charge in [-0.3, -0.25) is 19.5 Å². The van der Waals surface area contributed by atoms with Crippen molar-refractivity contribution in [1.29, 1.82) is 0 Å². The van der Waals surface area contributed by atoms with Crippen molar-refractivity contribution in [1.82, 2.24) is 14.7 Å². The third-order valence-electron chi connectivity index (χ3n) is 6.60. The minimum atomic E-state index is -4.61. The molecule has 0 aliphatic rings. The number of aryl methyl sites for hydroxylation is 1. The van der Waals surface area contributed by atoms with E-state index < -0.39 is 35.5 Å². The number of Topliss-reactive ketones (excluding diaryl/α,β-unsaturated/α-hetero) is 1. The Balaban J connectivity index is 1.77. The summed E-state index contributed by atoms with van der Waals surface area (Å²) in [5.41, 5.74) is 1.47. The van der Waals surface area contributed by atoms with E-state index in [4.69, 9.17) is 0 Å². The maximum absolute atomic E-state index is 13.7. The van der Waals surface area contributed by atoms with Crippen LogP contribution in [0.3, 0.4) is 0 Å². The van der Waals surface area contributed by atoms with Crippen molar-refractivity contribution in [2.45, 2.75) is 33.4 Å². The number of aromatic amines is 1. The minimum absolute atomic E-state index is 0.122. The maximum Gasteiger partial charge on any atom is 0.416 e. The lowest BCUT2D eigenvalue weighted by Gasteiger charge is -2.22. The Morgan fingerprint density at radius 3 is 2.31 bits per heavy atom. The number of benzene rings is 3. The molecule has 0 saturated heterocycles. The highest BCUT2D eigenvalue weighted by Crippen LogP contribution is 2.30. The van der Waals surface area contributed by atoms with Crippen molar-refractivity contribution in [3.8, 4) is 16.9 Å². The first-order valence-electron chi connectivity index (χ1n) is 12.5. The van der Waals surface area contributed by atoms with Crippen LogP contribution in [-0.4, -0.2) is 39.5 Å². The second kappa shape index (κ2) is 11.1. The molecule has 0 fully saturated rings. The van der Waals surface area contributed by atoms with Crippen LogP contribution < -0.4 is 5.56 Å². The summed E-state index contributed by atoms with van der Waals surface area (Å²) in [6.45, 7) is 5.23. The van der Waals surface area contributed by atoms with Crippen LogP contribution in [0.25, 0.3) is 16.9 Å². The van der Waals surface area contributed by atoms with E-state index in [1.54, 1.807) is 37.3 Å². The van der Waals surface area contributed by atoms with Gasteiger partial charge in [0.05, 0.1) is 23.5 Å². The molecule has 0 aliphatic heterocycles. The van der Waals surface area contributed by atoms with E-state index in [0.717, 1.165) is 29.3 Å². The quantitative estimate of drug-likeness (QED) is 0.273. The van der Waals surface area contributed by atoms with Gasteiger partial charge < -0.3 is 4.90 Å². The highest BCUT2D eigenvalue weighted by molar-refractivity contribution is 6.05. The molecule has 1 N–H and O–H groups in total. The van der Waals surface area contributed by atoms with Crippen molar-refractivity contribution in [2.75, 3.05) is 13.1 Å². The van der Waals surface area contributed by atoms with Crippen LogP contribution in [0.15, 0.2) is 77.6 Å². The topological polar surface area (TPSA) is 75.2 Å². The van der Waals surface area contributed by atoms with E-state index >= 15 is 0 Å². The van der Waals surface area contributed by atoms with Gasteiger partial charge in [-0.2, -0.15) is 13.2 Å². The lowest BCUT2D eigenvalue weighted by atomic mass is 10.0. The molecule has 0 bridgehead atoms. The van der Waals surface area contributed by atoms with Gasteiger partial charge in [0.1, 0.15) is 5.56 Å². The fourth-order valence-electron chi connectivity index (χ4n) is 4.44. The number of halogens is 3. The highest BCUT2D eigenvalue weighted by atomic mass is 19.4. The number of rotatable bonds is 8. The number of hydrogen-bond acceptors (Lipinski definition) is 3. The van der Waals surface area contributed by atoms with E-state index in [2.05, 4.69) is 5.10 Å². The van der Waals surface area contributed by atoms with Crippen LogP contribution in [0, 0.1) is 13.8 Å². The summed E-state index contributed by atoms with van der Waals surface area (Å²) in [7, 11) is 0. The van der Waals surface area contributed by atoms with Gasteiger partial charge in [-0.15, -0.1) is 0 Å². The summed E-state index contributed by atoms with van der Waals surface area (Å²) in [5.74, 6) is -1.34. The Bertz CT molecular complexity index is 1570. The van der Waals surface area contributed by atoms with E-state index in [0.29, 0.717) is 23.4 Å². The van der Waals surface area contributed by atoms with Crippen LogP contribution >= 0.6 is 0 Å². The van der Waals surface area contributed by atoms with E-state index in [-0.39, 0.29) is 17.7 Å². The van der Waals surface area contributed by atoms with Gasteiger partial charge in [-0.1, -0.05) is 55.5 Å². The number of nitrogens with zero attached hydrogens (tertiary/aromatic N) is 2. The van der Waals surface area contributed by atoms with Gasteiger partial charge in [0.15, 0.2) is 5.78 Å². The third kappa shape index (κ3) is 5.72. The fourth-order valence-corrected chi connectivity index (χ4v) is 4.44. The van der Waals surface area contributed by atoms with Crippen LogP contribution in [0.2, 0.25) is 0 Å². The lowest BCUT2D eigenvalue weighted by Crippen LogP contribution is -2.38. The Kier molecular flexibility index (Phi) is 7.90. The summed E-state index contributed by atoms with van der Waals surface area (Å²) in [6.07, 6.45) is -4.15. The molecule has 6 nitrogen and oxygen atoms in total. The monoisotopic (exact) mass is 535 g/mol. The number of alkyl halides is 3. The number of carbonyl (C=O) groups is 2. The number of ketones is 1. The zero-order valence-electron chi connectivity index (χ0n) is 21.8. The zero-order valence-corrected chi connectivity index (χ0v) is 21.8. The Morgan fingerprint density at radius 2 is 1.64 bits per heavy atom. The predicted molar refractivity (Wildman–Crippen MR) is 143 cm³/mol. The number of H-pyrrole nitrogens is 1. The third-order valence-corrected chi connectivity index (χ3v) is 6.60. The maximum atomic E-state index is 13.7. The van der Waals surface area contributed by atoms with E-state index in [1.165, 1.54) is 15.6 Å². The average Bonchev–Trinajstić information content (AvgIpc) is 3.26. The van der Waals surface area contributed by atoms with Gasteiger partial charge in [0.2, 0.25) is 0 Å². The minimum Gasteiger partial charge on any atom is -0.331 e. The standard InChI is InChI=1S/C30H28F3N3O3/c1-4-16-35(28(38)22-13-9-14-23(17-22)30(31,32)33)18-25(37)26-27(21-11-6-5-7-12-21)34-36(29(26)39)24-15-8-10-19(2)20(24)3/h5-15,17,34H,4,16,18H2,1-3H3. The van der Waals surface area contributed by atoms with Gasteiger partial charge in [0.25, 0.3) is 11.5 Å². The molecule has 0 unspecified atom stereocenters. The van der Waals surface area contributed by atoms with Crippen molar-refractivity contribution in [3.63, 3.8) is 0 Å². The molecule has 4 aromatic rings. The lowest BCUT2D eigenvalue weighted by molar-refractivity contribution is -0.137. The number of carbonyl (C=O) groups excluding carboxylic acids is 2. The largest absolute Gasteiger partial charge is 0.416 e. The molecule has 4 rings (SSSR count). The second-order valence-corrected chi connectivity index (χ2v) is 9.32. The number of amides is 1. The molecule has 0 spiro atoms. The van der Waals surface area contributed by atoms with Crippen molar-refractivity contribution in [3.05, 3.63) is 111 Å². The van der Waals surface area contributed by atoms with Crippen molar-refractivity contribution < 1.29 is 22.8 Å². The fraction of sp³-hybridized carbons (Fsp3) is 0.233. The SMILES string of the molecule is CCCN(CC(=O)c1c(-c2ccccc2)[nH]n(-c2cccc(C)c2C)c1=O)C(=O)c1cccc(C(F)(F)F)c1. The normalized spacial score (nSPS) is 11.4. The summed E-state index contributed by atoms with van der Waals surface area (Å²) in [6, 6.07) is 18.5. The highest BCUT2D eigenvalue weighted by Gasteiger charge is 2.32. The Morgan fingerprint density at radius 1 is 0.949 bits per heavy atom. The Labute approximate surface area is 223 Å². The molecular weight excluding hydrogens is 507 g/mol.